The maximum Gasteiger partial charge on any atom is 0.416 e. The molecule has 1 unspecified atom stereocenters. The zero-order valence-electron chi connectivity index (χ0n) is 28.1. The minimum atomic E-state index is -4.43. The summed E-state index contributed by atoms with van der Waals surface area (Å²) >= 11 is 0. The summed E-state index contributed by atoms with van der Waals surface area (Å²) in [6, 6.07) is 36.5. The summed E-state index contributed by atoms with van der Waals surface area (Å²) in [5.74, 6) is 0.666. The molecule has 0 saturated carbocycles. The Balaban J connectivity index is 1.27. The van der Waals surface area contributed by atoms with E-state index >= 15 is 0 Å². The van der Waals surface area contributed by atoms with Gasteiger partial charge in [0.25, 0.3) is 0 Å². The summed E-state index contributed by atoms with van der Waals surface area (Å²) in [5, 5.41) is 4.12. The number of fused-ring (bicyclic) bond motifs is 7. The van der Waals surface area contributed by atoms with Gasteiger partial charge >= 0.3 is 6.18 Å². The minimum absolute atomic E-state index is 0.0443. The molecule has 1 heterocycles. The maximum atomic E-state index is 13.6. The largest absolute Gasteiger partial charge is 0.416 e. The lowest BCUT2D eigenvalue weighted by molar-refractivity contribution is -0.137. The van der Waals surface area contributed by atoms with Crippen molar-refractivity contribution in [2.45, 2.75) is 39.5 Å². The van der Waals surface area contributed by atoms with Gasteiger partial charge < -0.3 is 4.74 Å². The van der Waals surface area contributed by atoms with Crippen LogP contribution in [-0.4, -0.2) is 22.3 Å². The number of hydrogen-bond donors (Lipinski definition) is 0. The van der Waals surface area contributed by atoms with E-state index in [1.165, 1.54) is 40.0 Å². The smallest absolute Gasteiger partial charge is 0.375 e. The van der Waals surface area contributed by atoms with E-state index < -0.39 is 11.7 Å². The van der Waals surface area contributed by atoms with E-state index in [0.717, 1.165) is 62.3 Å². The second kappa shape index (κ2) is 12.5. The molecule has 0 N–H and O–H groups in total. The summed E-state index contributed by atoms with van der Waals surface area (Å²) in [6.07, 6.45) is 0.797. The highest BCUT2D eigenvalue weighted by atomic mass is 19.4. The number of benzene rings is 6. The van der Waals surface area contributed by atoms with Gasteiger partial charge in [-0.1, -0.05) is 109 Å². The Labute approximate surface area is 289 Å². The SMILES string of the molecule is CCOC(C)/C=C\C1=C(C)Cc2c1cccc2-c1ccc(-c2nc3c4ccccc4c4ccccc4c3n2-c2ccc(C(F)(F)F)cc2)cc1. The van der Waals surface area contributed by atoms with Crippen LogP contribution in [0.25, 0.3) is 66.4 Å². The number of aromatic nitrogens is 2. The Morgan fingerprint density at radius 1 is 0.760 bits per heavy atom. The van der Waals surface area contributed by atoms with Gasteiger partial charge in [-0.25, -0.2) is 4.98 Å². The highest BCUT2D eigenvalue weighted by Gasteiger charge is 2.30. The number of allylic oxidation sites excluding steroid dienone is 3. The molecule has 6 aromatic carbocycles. The molecule has 1 aliphatic rings. The molecule has 0 spiro atoms. The van der Waals surface area contributed by atoms with Crippen molar-refractivity contribution >= 4 is 38.2 Å². The molecule has 248 valence electrons. The third-order valence-electron chi connectivity index (χ3n) is 9.77. The Hall–Kier alpha value is -5.46. The van der Waals surface area contributed by atoms with Crippen LogP contribution in [0, 0.1) is 0 Å². The fourth-order valence-electron chi connectivity index (χ4n) is 7.42. The molecule has 0 bridgehead atoms. The first-order valence-corrected chi connectivity index (χ1v) is 16.9. The minimum Gasteiger partial charge on any atom is -0.375 e. The lowest BCUT2D eigenvalue weighted by atomic mass is 9.94. The van der Waals surface area contributed by atoms with E-state index in [4.69, 9.17) is 9.72 Å². The van der Waals surface area contributed by atoms with Crippen LogP contribution in [0.2, 0.25) is 0 Å². The number of ether oxygens (including phenoxy) is 1. The van der Waals surface area contributed by atoms with Crippen molar-refractivity contribution in [3.63, 3.8) is 0 Å². The average Bonchev–Trinajstić information content (AvgIpc) is 3.69. The van der Waals surface area contributed by atoms with Crippen LogP contribution in [-0.2, 0) is 17.3 Å². The summed E-state index contributed by atoms with van der Waals surface area (Å²) < 4.78 is 48.6. The molecule has 0 radical (unpaired) electrons. The third-order valence-corrected chi connectivity index (χ3v) is 9.77. The monoisotopic (exact) mass is 664 g/mol. The Morgan fingerprint density at radius 3 is 2.06 bits per heavy atom. The van der Waals surface area contributed by atoms with Crippen molar-refractivity contribution < 1.29 is 17.9 Å². The Kier molecular flexibility index (Phi) is 7.92. The van der Waals surface area contributed by atoms with E-state index in [-0.39, 0.29) is 6.10 Å². The van der Waals surface area contributed by atoms with Crippen LogP contribution >= 0.6 is 0 Å². The number of alkyl halides is 3. The zero-order valence-corrected chi connectivity index (χ0v) is 28.1. The van der Waals surface area contributed by atoms with E-state index in [1.54, 1.807) is 0 Å². The van der Waals surface area contributed by atoms with Crippen molar-refractivity contribution in [2.75, 3.05) is 6.61 Å². The van der Waals surface area contributed by atoms with Gasteiger partial charge in [-0.3, -0.25) is 4.57 Å². The Bertz CT molecular complexity index is 2470. The van der Waals surface area contributed by atoms with Gasteiger partial charge in [0.05, 0.1) is 22.7 Å². The molecule has 50 heavy (non-hydrogen) atoms. The van der Waals surface area contributed by atoms with Crippen LogP contribution < -0.4 is 0 Å². The van der Waals surface area contributed by atoms with Crippen molar-refractivity contribution in [1.82, 2.24) is 9.55 Å². The number of imidazole rings is 1. The standard InChI is InChI=1S/C44H35F3N2O/c1-4-50-28(3)16-25-33-27(2)26-40-34(14-9-15-35(33)40)29-17-19-30(20-18-29)43-48-41-38-12-7-5-10-36(38)37-11-6-8-13-39(37)42(41)49(43)32-23-21-31(22-24-32)44(45,46)47/h5-25,28H,4,26H2,1-3H3/b25-16-. The second-order valence-electron chi connectivity index (χ2n) is 12.9. The maximum absolute atomic E-state index is 13.6. The van der Waals surface area contributed by atoms with Gasteiger partial charge in [-0.05, 0) is 90.1 Å². The first-order valence-electron chi connectivity index (χ1n) is 16.9. The fraction of sp³-hybridized carbons (Fsp3) is 0.159. The lowest BCUT2D eigenvalue weighted by Crippen LogP contribution is -2.05. The summed E-state index contributed by atoms with van der Waals surface area (Å²) in [5.41, 5.74) is 9.86. The number of halogens is 3. The van der Waals surface area contributed by atoms with Gasteiger partial charge in [-0.15, -0.1) is 0 Å². The summed E-state index contributed by atoms with van der Waals surface area (Å²) in [6.45, 7) is 6.93. The normalized spacial score (nSPS) is 14.0. The molecule has 1 atom stereocenters. The van der Waals surface area contributed by atoms with Crippen LogP contribution in [0.3, 0.4) is 0 Å². The molecule has 7 aromatic rings. The Morgan fingerprint density at radius 2 is 1.38 bits per heavy atom. The summed E-state index contributed by atoms with van der Waals surface area (Å²) in [4.78, 5) is 5.25. The molecule has 0 aliphatic heterocycles. The van der Waals surface area contributed by atoms with Crippen LogP contribution in [0.1, 0.15) is 37.5 Å². The molecule has 0 saturated heterocycles. The van der Waals surface area contributed by atoms with Crippen LogP contribution in [0.4, 0.5) is 13.2 Å². The predicted octanol–water partition coefficient (Wildman–Crippen LogP) is 12.0. The third kappa shape index (κ3) is 5.40. The van der Waals surface area contributed by atoms with Crippen molar-refractivity contribution in [1.29, 1.82) is 0 Å². The average molecular weight is 665 g/mol. The van der Waals surface area contributed by atoms with Crippen molar-refractivity contribution in [3.8, 4) is 28.2 Å². The van der Waals surface area contributed by atoms with Crippen molar-refractivity contribution in [2.24, 2.45) is 0 Å². The zero-order chi connectivity index (χ0) is 34.6. The number of hydrogen-bond acceptors (Lipinski definition) is 2. The highest BCUT2D eigenvalue weighted by Crippen LogP contribution is 2.42. The van der Waals surface area contributed by atoms with Gasteiger partial charge in [-0.2, -0.15) is 13.2 Å². The first kappa shape index (κ1) is 31.8. The van der Waals surface area contributed by atoms with Crippen molar-refractivity contribution in [3.05, 3.63) is 150 Å². The first-order chi connectivity index (χ1) is 24.2. The lowest BCUT2D eigenvalue weighted by Gasteiger charge is -2.14. The molecule has 3 nitrogen and oxygen atoms in total. The van der Waals surface area contributed by atoms with E-state index in [1.807, 2.05) is 35.8 Å². The van der Waals surface area contributed by atoms with E-state index in [2.05, 4.69) is 92.7 Å². The van der Waals surface area contributed by atoms with E-state index in [0.29, 0.717) is 18.1 Å². The number of rotatable bonds is 7. The van der Waals surface area contributed by atoms with Gasteiger partial charge in [0.2, 0.25) is 0 Å². The van der Waals surface area contributed by atoms with Gasteiger partial charge in [0.1, 0.15) is 5.82 Å². The molecule has 0 amide bonds. The van der Waals surface area contributed by atoms with Gasteiger partial charge in [0, 0.05) is 28.6 Å². The van der Waals surface area contributed by atoms with Gasteiger partial charge in [0.15, 0.2) is 0 Å². The molecule has 8 rings (SSSR count). The predicted molar refractivity (Wildman–Crippen MR) is 198 cm³/mol. The quantitative estimate of drug-likeness (QED) is 0.159. The molecule has 6 heteroatoms. The molecule has 0 fully saturated rings. The van der Waals surface area contributed by atoms with Crippen LogP contribution in [0.15, 0.2) is 133 Å². The molecule has 1 aliphatic carbocycles. The highest BCUT2D eigenvalue weighted by molar-refractivity contribution is 6.24. The molecular formula is C44H35F3N2O. The number of nitrogens with zero attached hydrogens (tertiary/aromatic N) is 2. The molecular weight excluding hydrogens is 629 g/mol. The van der Waals surface area contributed by atoms with Crippen LogP contribution in [0.5, 0.6) is 0 Å². The fourth-order valence-corrected chi connectivity index (χ4v) is 7.42. The topological polar surface area (TPSA) is 27.1 Å². The second-order valence-corrected chi connectivity index (χ2v) is 12.9. The van der Waals surface area contributed by atoms with E-state index in [9.17, 15) is 13.2 Å². The summed E-state index contributed by atoms with van der Waals surface area (Å²) in [7, 11) is 0. The molecule has 1 aromatic heterocycles.